The Hall–Kier alpha value is -0.690. The highest BCUT2D eigenvalue weighted by Crippen LogP contribution is 2.45. The Labute approximate surface area is 105 Å². The van der Waals surface area contributed by atoms with Gasteiger partial charge in [-0.1, -0.05) is 0 Å². The molecule has 1 fully saturated rings. The third-order valence-electron chi connectivity index (χ3n) is 3.25. The Morgan fingerprint density at radius 2 is 1.61 bits per heavy atom. The molecule has 0 unspecified atom stereocenters. The molecular formula is C11H12F5NS. The van der Waals surface area contributed by atoms with E-state index in [1.807, 2.05) is 0 Å². The van der Waals surface area contributed by atoms with Gasteiger partial charge in [-0.2, -0.15) is 13.2 Å². The lowest BCUT2D eigenvalue weighted by Crippen LogP contribution is -2.42. The van der Waals surface area contributed by atoms with Crippen LogP contribution in [0.15, 0.2) is 12.1 Å². The molecule has 7 heteroatoms. The summed E-state index contributed by atoms with van der Waals surface area (Å²) in [7, 11) is 0. The standard InChI is InChI=1S/C11H12F5NS/c12-10(13)5-3-9(17,4-6-10)7-1-2-8(18-7)11(14,15)16/h1-2H,3-6,17H2. The van der Waals surface area contributed by atoms with Gasteiger partial charge in [0.05, 0.1) is 5.54 Å². The second-order valence-corrected chi connectivity index (χ2v) is 5.76. The molecule has 2 N–H and O–H groups in total. The summed E-state index contributed by atoms with van der Waals surface area (Å²) in [5.74, 6) is -2.74. The van der Waals surface area contributed by atoms with E-state index in [1.54, 1.807) is 0 Å². The molecule has 102 valence electrons. The van der Waals surface area contributed by atoms with Gasteiger partial charge >= 0.3 is 6.18 Å². The van der Waals surface area contributed by atoms with Crippen LogP contribution in [-0.2, 0) is 11.7 Å². The predicted molar refractivity (Wildman–Crippen MR) is 58.6 cm³/mol. The number of halogens is 5. The number of alkyl halides is 5. The lowest BCUT2D eigenvalue weighted by molar-refractivity contribution is -0.134. The number of rotatable bonds is 1. The van der Waals surface area contributed by atoms with E-state index in [0.717, 1.165) is 6.07 Å². The van der Waals surface area contributed by atoms with Crippen LogP contribution in [0, 0.1) is 0 Å². The lowest BCUT2D eigenvalue weighted by Gasteiger charge is -2.36. The zero-order valence-corrected chi connectivity index (χ0v) is 10.2. The smallest absolute Gasteiger partial charge is 0.321 e. The number of thiophene rings is 1. The van der Waals surface area contributed by atoms with E-state index in [0.29, 0.717) is 16.2 Å². The van der Waals surface area contributed by atoms with Crippen LogP contribution in [0.1, 0.15) is 35.4 Å². The maximum atomic E-state index is 13.0. The molecule has 1 heterocycles. The Kier molecular flexibility index (Phi) is 3.18. The average Bonchev–Trinajstić information content (AvgIpc) is 2.72. The summed E-state index contributed by atoms with van der Waals surface area (Å²) in [4.78, 5) is -0.398. The largest absolute Gasteiger partial charge is 0.425 e. The van der Waals surface area contributed by atoms with Gasteiger partial charge < -0.3 is 5.73 Å². The zero-order chi connectivity index (χ0) is 13.6. The molecule has 0 aliphatic heterocycles. The van der Waals surface area contributed by atoms with Crippen LogP contribution in [-0.4, -0.2) is 5.92 Å². The van der Waals surface area contributed by atoms with E-state index in [2.05, 4.69) is 0 Å². The van der Waals surface area contributed by atoms with Crippen LogP contribution >= 0.6 is 11.3 Å². The molecule has 0 aromatic carbocycles. The first-order chi connectivity index (χ1) is 8.12. The molecule has 1 aromatic heterocycles. The van der Waals surface area contributed by atoms with Gasteiger partial charge in [-0.25, -0.2) is 8.78 Å². The second-order valence-electron chi connectivity index (χ2n) is 4.67. The topological polar surface area (TPSA) is 26.0 Å². The molecule has 0 radical (unpaired) electrons. The minimum absolute atomic E-state index is 0.0117. The Morgan fingerprint density at radius 3 is 2.06 bits per heavy atom. The molecule has 2 rings (SSSR count). The van der Waals surface area contributed by atoms with Crippen molar-refractivity contribution in [3.63, 3.8) is 0 Å². The molecule has 1 aromatic rings. The quantitative estimate of drug-likeness (QED) is 0.771. The first-order valence-corrected chi connectivity index (χ1v) is 6.28. The number of hydrogen-bond acceptors (Lipinski definition) is 2. The molecule has 0 atom stereocenters. The van der Waals surface area contributed by atoms with Crippen molar-refractivity contribution < 1.29 is 22.0 Å². The predicted octanol–water partition coefficient (Wildman–Crippen LogP) is 4.13. The van der Waals surface area contributed by atoms with Gasteiger partial charge in [0, 0.05) is 17.7 Å². The van der Waals surface area contributed by atoms with E-state index in [1.165, 1.54) is 6.07 Å². The third kappa shape index (κ3) is 2.66. The summed E-state index contributed by atoms with van der Waals surface area (Å²) < 4.78 is 63.4. The summed E-state index contributed by atoms with van der Waals surface area (Å²) in [5, 5.41) is 0. The van der Waals surface area contributed by atoms with Gasteiger partial charge in [0.1, 0.15) is 4.88 Å². The van der Waals surface area contributed by atoms with Crippen molar-refractivity contribution in [3.8, 4) is 0 Å². The van der Waals surface area contributed by atoms with Crippen molar-refractivity contribution in [1.82, 2.24) is 0 Å². The van der Waals surface area contributed by atoms with E-state index in [-0.39, 0.29) is 25.7 Å². The fourth-order valence-corrected chi connectivity index (χ4v) is 3.10. The van der Waals surface area contributed by atoms with E-state index in [9.17, 15) is 22.0 Å². The molecule has 0 bridgehead atoms. The molecule has 1 aliphatic carbocycles. The fraction of sp³-hybridized carbons (Fsp3) is 0.636. The summed E-state index contributed by atoms with van der Waals surface area (Å²) in [6.07, 6.45) is -5.13. The Bertz CT molecular complexity index is 427. The van der Waals surface area contributed by atoms with Gasteiger partial charge in [-0.05, 0) is 25.0 Å². The highest BCUT2D eigenvalue weighted by Gasteiger charge is 2.43. The Balaban J connectivity index is 2.19. The van der Waals surface area contributed by atoms with Crippen LogP contribution in [0.4, 0.5) is 22.0 Å². The minimum atomic E-state index is -4.40. The van der Waals surface area contributed by atoms with Crippen LogP contribution in [0.25, 0.3) is 0 Å². The summed E-state index contributed by atoms with van der Waals surface area (Å²) >= 11 is 0.550. The van der Waals surface area contributed by atoms with Crippen molar-refractivity contribution in [2.24, 2.45) is 5.73 Å². The van der Waals surface area contributed by atoms with Gasteiger partial charge in [0.15, 0.2) is 0 Å². The third-order valence-corrected chi connectivity index (χ3v) is 4.60. The summed E-state index contributed by atoms with van der Waals surface area (Å²) in [5.41, 5.74) is 4.92. The van der Waals surface area contributed by atoms with Crippen LogP contribution in [0.3, 0.4) is 0 Å². The fourth-order valence-electron chi connectivity index (χ4n) is 2.07. The highest BCUT2D eigenvalue weighted by molar-refractivity contribution is 7.12. The normalized spacial score (nSPS) is 23.0. The highest BCUT2D eigenvalue weighted by atomic mass is 32.1. The number of hydrogen-bond donors (Lipinski definition) is 1. The van der Waals surface area contributed by atoms with Gasteiger partial charge in [-0.15, -0.1) is 11.3 Å². The van der Waals surface area contributed by atoms with Crippen molar-refractivity contribution in [2.45, 2.75) is 43.3 Å². The second kappa shape index (κ2) is 4.16. The van der Waals surface area contributed by atoms with Crippen molar-refractivity contribution in [1.29, 1.82) is 0 Å². The molecule has 0 saturated heterocycles. The number of nitrogens with two attached hydrogens (primary N) is 1. The van der Waals surface area contributed by atoms with E-state index in [4.69, 9.17) is 5.73 Å². The monoisotopic (exact) mass is 285 g/mol. The molecule has 1 aliphatic rings. The van der Waals surface area contributed by atoms with Crippen LogP contribution in [0.2, 0.25) is 0 Å². The van der Waals surface area contributed by atoms with Crippen LogP contribution < -0.4 is 5.73 Å². The molecule has 0 spiro atoms. The molecule has 0 amide bonds. The zero-order valence-electron chi connectivity index (χ0n) is 9.36. The van der Waals surface area contributed by atoms with Gasteiger partial charge in [0.2, 0.25) is 5.92 Å². The maximum absolute atomic E-state index is 13.0. The maximum Gasteiger partial charge on any atom is 0.425 e. The summed E-state index contributed by atoms with van der Waals surface area (Å²) in [6.45, 7) is 0. The molecule has 1 nitrogen and oxygen atoms in total. The lowest BCUT2D eigenvalue weighted by atomic mass is 9.80. The van der Waals surface area contributed by atoms with Crippen molar-refractivity contribution in [2.75, 3.05) is 0 Å². The SMILES string of the molecule is NC1(c2ccc(C(F)(F)F)s2)CCC(F)(F)CC1. The molecular weight excluding hydrogens is 273 g/mol. The van der Waals surface area contributed by atoms with Crippen molar-refractivity contribution >= 4 is 11.3 Å². The first kappa shape index (κ1) is 13.7. The average molecular weight is 285 g/mol. The van der Waals surface area contributed by atoms with Gasteiger partial charge in [-0.3, -0.25) is 0 Å². The van der Waals surface area contributed by atoms with Gasteiger partial charge in [0.25, 0.3) is 0 Å². The summed E-state index contributed by atoms with van der Waals surface area (Å²) in [6, 6.07) is 2.26. The minimum Gasteiger partial charge on any atom is -0.321 e. The van der Waals surface area contributed by atoms with E-state index < -0.39 is 22.5 Å². The molecule has 1 saturated carbocycles. The first-order valence-electron chi connectivity index (χ1n) is 5.47. The Morgan fingerprint density at radius 1 is 1.06 bits per heavy atom. The van der Waals surface area contributed by atoms with Crippen molar-refractivity contribution in [3.05, 3.63) is 21.9 Å². The molecule has 18 heavy (non-hydrogen) atoms. The van der Waals surface area contributed by atoms with E-state index >= 15 is 0 Å². The van der Waals surface area contributed by atoms with Crippen LogP contribution in [0.5, 0.6) is 0 Å².